The summed E-state index contributed by atoms with van der Waals surface area (Å²) in [4.78, 5) is 12.0. The summed E-state index contributed by atoms with van der Waals surface area (Å²) in [7, 11) is 0. The molecule has 0 spiro atoms. The van der Waals surface area contributed by atoms with Gasteiger partial charge < -0.3 is 5.32 Å². The molecule has 0 fully saturated rings. The minimum atomic E-state index is -0.636. The van der Waals surface area contributed by atoms with Crippen LogP contribution < -0.4 is 5.32 Å². The highest BCUT2D eigenvalue weighted by molar-refractivity contribution is 5.81. The zero-order valence-electron chi connectivity index (χ0n) is 11.8. The maximum absolute atomic E-state index is 12.0. The van der Waals surface area contributed by atoms with Gasteiger partial charge in [-0.1, -0.05) is 60.7 Å². The van der Waals surface area contributed by atoms with Crippen molar-refractivity contribution in [1.82, 2.24) is 5.32 Å². The van der Waals surface area contributed by atoms with Gasteiger partial charge >= 0.3 is 0 Å². The Morgan fingerprint density at radius 1 is 1.00 bits per heavy atom. The molecule has 2 aromatic carbocycles. The predicted molar refractivity (Wildman–Crippen MR) is 82.4 cm³/mol. The SMILES string of the molecule is N#CC(Cc1ccccc1)C(=O)NCCc1ccccc1. The van der Waals surface area contributed by atoms with E-state index in [0.717, 1.165) is 12.0 Å². The lowest BCUT2D eigenvalue weighted by molar-refractivity contribution is -0.123. The highest BCUT2D eigenvalue weighted by Gasteiger charge is 2.17. The summed E-state index contributed by atoms with van der Waals surface area (Å²) in [6.45, 7) is 0.551. The number of nitrogens with one attached hydrogen (secondary N) is 1. The van der Waals surface area contributed by atoms with Crippen LogP contribution in [0.25, 0.3) is 0 Å². The maximum Gasteiger partial charge on any atom is 0.237 e. The molecule has 1 unspecified atom stereocenters. The van der Waals surface area contributed by atoms with Crippen LogP contribution in [0.5, 0.6) is 0 Å². The van der Waals surface area contributed by atoms with Crippen LogP contribution in [0.3, 0.4) is 0 Å². The van der Waals surface area contributed by atoms with Crippen molar-refractivity contribution in [2.24, 2.45) is 5.92 Å². The summed E-state index contributed by atoms with van der Waals surface area (Å²) in [6.07, 6.45) is 1.23. The number of carbonyl (C=O) groups excluding carboxylic acids is 1. The molecule has 0 aliphatic heterocycles. The van der Waals surface area contributed by atoms with Gasteiger partial charge in [-0.2, -0.15) is 5.26 Å². The molecule has 0 radical (unpaired) electrons. The van der Waals surface area contributed by atoms with Gasteiger partial charge in [0.2, 0.25) is 5.91 Å². The van der Waals surface area contributed by atoms with E-state index in [1.165, 1.54) is 5.56 Å². The smallest absolute Gasteiger partial charge is 0.237 e. The molecule has 0 saturated heterocycles. The molecule has 0 bridgehead atoms. The first-order valence-corrected chi connectivity index (χ1v) is 7.05. The highest BCUT2D eigenvalue weighted by atomic mass is 16.1. The fourth-order valence-corrected chi connectivity index (χ4v) is 2.14. The normalized spacial score (nSPS) is 11.4. The van der Waals surface area contributed by atoms with Gasteiger partial charge in [-0.15, -0.1) is 0 Å². The number of nitrogens with zero attached hydrogens (tertiary/aromatic N) is 1. The van der Waals surface area contributed by atoms with Gasteiger partial charge in [-0.25, -0.2) is 0 Å². The van der Waals surface area contributed by atoms with Crippen molar-refractivity contribution >= 4 is 5.91 Å². The average molecular weight is 278 g/mol. The van der Waals surface area contributed by atoms with E-state index in [0.29, 0.717) is 13.0 Å². The molecular weight excluding hydrogens is 260 g/mol. The zero-order valence-corrected chi connectivity index (χ0v) is 11.8. The van der Waals surface area contributed by atoms with Crippen LogP contribution in [0.15, 0.2) is 60.7 Å². The molecular formula is C18H18N2O. The Morgan fingerprint density at radius 2 is 1.57 bits per heavy atom. The lowest BCUT2D eigenvalue weighted by Gasteiger charge is -2.10. The molecule has 0 heterocycles. The average Bonchev–Trinajstić information content (AvgIpc) is 2.54. The summed E-state index contributed by atoms with van der Waals surface area (Å²) in [5.74, 6) is -0.833. The number of rotatable bonds is 6. The quantitative estimate of drug-likeness (QED) is 0.883. The van der Waals surface area contributed by atoms with Crippen molar-refractivity contribution in [3.05, 3.63) is 71.8 Å². The number of benzene rings is 2. The molecule has 2 aromatic rings. The van der Waals surface area contributed by atoms with Gasteiger partial charge in [0.15, 0.2) is 0 Å². The van der Waals surface area contributed by atoms with Crippen LogP contribution in [0.4, 0.5) is 0 Å². The third-order valence-corrected chi connectivity index (χ3v) is 3.31. The predicted octanol–water partition coefficient (Wildman–Crippen LogP) is 2.73. The number of hydrogen-bond donors (Lipinski definition) is 1. The Balaban J connectivity index is 1.82. The number of amides is 1. The lowest BCUT2D eigenvalue weighted by atomic mass is 10.00. The van der Waals surface area contributed by atoms with E-state index in [-0.39, 0.29) is 5.91 Å². The van der Waals surface area contributed by atoms with Gasteiger partial charge in [-0.3, -0.25) is 4.79 Å². The zero-order chi connectivity index (χ0) is 14.9. The Kier molecular flexibility index (Phi) is 5.54. The summed E-state index contributed by atoms with van der Waals surface area (Å²) in [5, 5.41) is 12.0. The molecule has 0 aromatic heterocycles. The van der Waals surface area contributed by atoms with E-state index in [9.17, 15) is 4.79 Å². The van der Waals surface area contributed by atoms with Crippen LogP contribution >= 0.6 is 0 Å². The Hall–Kier alpha value is -2.60. The van der Waals surface area contributed by atoms with Crippen molar-refractivity contribution in [1.29, 1.82) is 5.26 Å². The summed E-state index contributed by atoms with van der Waals surface area (Å²) >= 11 is 0. The number of nitriles is 1. The van der Waals surface area contributed by atoms with Crippen molar-refractivity contribution in [3.63, 3.8) is 0 Å². The molecule has 1 amide bonds. The van der Waals surface area contributed by atoms with E-state index in [4.69, 9.17) is 5.26 Å². The molecule has 1 N–H and O–H groups in total. The Morgan fingerprint density at radius 3 is 2.14 bits per heavy atom. The second-order valence-electron chi connectivity index (χ2n) is 4.90. The topological polar surface area (TPSA) is 52.9 Å². The highest BCUT2D eigenvalue weighted by Crippen LogP contribution is 2.08. The van der Waals surface area contributed by atoms with E-state index in [1.807, 2.05) is 60.7 Å². The van der Waals surface area contributed by atoms with Gasteiger partial charge in [0, 0.05) is 6.54 Å². The van der Waals surface area contributed by atoms with Crippen LogP contribution in [-0.2, 0) is 17.6 Å². The number of carbonyl (C=O) groups is 1. The van der Waals surface area contributed by atoms with E-state index < -0.39 is 5.92 Å². The fraction of sp³-hybridized carbons (Fsp3) is 0.222. The second kappa shape index (κ2) is 7.86. The third-order valence-electron chi connectivity index (χ3n) is 3.31. The molecule has 0 aliphatic carbocycles. The summed E-state index contributed by atoms with van der Waals surface area (Å²) in [6, 6.07) is 21.7. The van der Waals surface area contributed by atoms with Crippen molar-refractivity contribution in [3.8, 4) is 6.07 Å². The van der Waals surface area contributed by atoms with Gasteiger partial charge in [0.05, 0.1) is 6.07 Å². The Bertz CT molecular complexity index is 602. The molecule has 1 atom stereocenters. The molecule has 3 heteroatoms. The largest absolute Gasteiger partial charge is 0.355 e. The van der Waals surface area contributed by atoms with Crippen LogP contribution in [0.1, 0.15) is 11.1 Å². The molecule has 3 nitrogen and oxygen atoms in total. The fourth-order valence-electron chi connectivity index (χ4n) is 2.14. The van der Waals surface area contributed by atoms with Crippen molar-refractivity contribution in [2.45, 2.75) is 12.8 Å². The van der Waals surface area contributed by atoms with E-state index in [1.54, 1.807) is 0 Å². The van der Waals surface area contributed by atoms with Gasteiger partial charge in [-0.05, 0) is 24.0 Å². The monoisotopic (exact) mass is 278 g/mol. The summed E-state index contributed by atoms with van der Waals surface area (Å²) in [5.41, 5.74) is 2.18. The first kappa shape index (κ1) is 14.8. The first-order valence-electron chi connectivity index (χ1n) is 7.05. The van der Waals surface area contributed by atoms with Gasteiger partial charge in [0.25, 0.3) is 0 Å². The van der Waals surface area contributed by atoms with Crippen LogP contribution in [0.2, 0.25) is 0 Å². The molecule has 0 saturated carbocycles. The first-order chi connectivity index (χ1) is 10.3. The van der Waals surface area contributed by atoms with E-state index >= 15 is 0 Å². The van der Waals surface area contributed by atoms with Crippen molar-refractivity contribution in [2.75, 3.05) is 6.54 Å². The van der Waals surface area contributed by atoms with Crippen LogP contribution in [-0.4, -0.2) is 12.5 Å². The summed E-state index contributed by atoms with van der Waals surface area (Å²) < 4.78 is 0. The second-order valence-corrected chi connectivity index (χ2v) is 4.90. The molecule has 2 rings (SSSR count). The minimum absolute atomic E-state index is 0.197. The molecule has 21 heavy (non-hydrogen) atoms. The standard InChI is InChI=1S/C18H18N2O/c19-14-17(13-16-9-5-2-6-10-16)18(21)20-12-11-15-7-3-1-4-8-15/h1-10,17H,11-13H2,(H,20,21). The minimum Gasteiger partial charge on any atom is -0.355 e. The number of hydrogen-bond acceptors (Lipinski definition) is 2. The Labute approximate surface area is 125 Å². The third kappa shape index (κ3) is 4.77. The lowest BCUT2D eigenvalue weighted by Crippen LogP contribution is -2.32. The van der Waals surface area contributed by atoms with Crippen molar-refractivity contribution < 1.29 is 4.79 Å². The maximum atomic E-state index is 12.0. The molecule has 0 aliphatic rings. The van der Waals surface area contributed by atoms with E-state index in [2.05, 4.69) is 11.4 Å². The molecule has 106 valence electrons. The van der Waals surface area contributed by atoms with Gasteiger partial charge in [0.1, 0.15) is 5.92 Å². The van der Waals surface area contributed by atoms with Crippen LogP contribution in [0, 0.1) is 17.2 Å².